The van der Waals surface area contributed by atoms with E-state index in [-0.39, 0.29) is 5.91 Å². The monoisotopic (exact) mass is 313 g/mol. The van der Waals surface area contributed by atoms with E-state index >= 15 is 0 Å². The van der Waals surface area contributed by atoms with Gasteiger partial charge in [-0.25, -0.2) is 4.98 Å². The number of nitrogens with zero attached hydrogens (tertiary/aromatic N) is 2. The molecular weight excluding hydrogens is 294 g/mol. The molecule has 0 aliphatic carbocycles. The maximum absolute atomic E-state index is 12.6. The van der Waals surface area contributed by atoms with Crippen molar-refractivity contribution in [2.24, 2.45) is 0 Å². The smallest absolute Gasteiger partial charge is 0.259 e. The van der Waals surface area contributed by atoms with Crippen molar-refractivity contribution in [2.45, 2.75) is 0 Å². The number of carbonyl (C=O) groups is 1. The van der Waals surface area contributed by atoms with Crippen molar-refractivity contribution in [2.75, 3.05) is 43.6 Å². The van der Waals surface area contributed by atoms with Crippen LogP contribution in [0.3, 0.4) is 0 Å². The molecule has 1 saturated heterocycles. The molecule has 0 atom stereocenters. The molecular formula is C17H19N3O3. The van der Waals surface area contributed by atoms with E-state index < -0.39 is 0 Å². The lowest BCUT2D eigenvalue weighted by molar-refractivity contribution is 0.102. The maximum Gasteiger partial charge on any atom is 0.259 e. The van der Waals surface area contributed by atoms with Crippen LogP contribution >= 0.6 is 0 Å². The number of rotatable bonds is 4. The number of hydrogen-bond acceptors (Lipinski definition) is 5. The number of benzene rings is 1. The molecule has 120 valence electrons. The molecule has 3 rings (SSSR count). The molecule has 1 aliphatic rings. The van der Waals surface area contributed by atoms with Gasteiger partial charge in [-0.3, -0.25) is 4.79 Å². The number of ether oxygens (including phenoxy) is 2. The Kier molecular flexibility index (Phi) is 4.73. The van der Waals surface area contributed by atoms with Gasteiger partial charge < -0.3 is 19.7 Å². The first kappa shape index (κ1) is 15.3. The lowest BCUT2D eigenvalue weighted by Gasteiger charge is -2.29. The van der Waals surface area contributed by atoms with E-state index in [9.17, 15) is 4.79 Å². The molecule has 0 unspecified atom stereocenters. The second kappa shape index (κ2) is 7.11. The fraction of sp³-hybridized carbons (Fsp3) is 0.294. The summed E-state index contributed by atoms with van der Waals surface area (Å²) in [5.74, 6) is 1.27. The molecule has 1 aromatic carbocycles. The van der Waals surface area contributed by atoms with E-state index in [1.165, 1.54) is 0 Å². The number of carbonyl (C=O) groups excluding carboxylic acids is 1. The Morgan fingerprint density at radius 3 is 2.65 bits per heavy atom. The van der Waals surface area contributed by atoms with Crippen LogP contribution in [0.15, 0.2) is 42.6 Å². The highest BCUT2D eigenvalue weighted by Crippen LogP contribution is 2.21. The Bertz CT molecular complexity index is 667. The predicted octanol–water partition coefficient (Wildman–Crippen LogP) is 2.18. The molecule has 0 radical (unpaired) electrons. The molecule has 6 nitrogen and oxygen atoms in total. The number of methoxy groups -OCH3 is 1. The van der Waals surface area contributed by atoms with Gasteiger partial charge in [0.1, 0.15) is 11.6 Å². The second-order valence-electron chi connectivity index (χ2n) is 5.16. The van der Waals surface area contributed by atoms with Crippen LogP contribution < -0.4 is 15.0 Å². The number of aromatic nitrogens is 1. The number of pyridine rings is 1. The van der Waals surface area contributed by atoms with E-state index in [1.807, 2.05) is 24.3 Å². The van der Waals surface area contributed by atoms with Gasteiger partial charge in [0.2, 0.25) is 0 Å². The SMILES string of the molecule is COc1ccc(NC(=O)c2cccnc2N2CCOCC2)cc1. The van der Waals surface area contributed by atoms with E-state index in [4.69, 9.17) is 9.47 Å². The zero-order valence-electron chi connectivity index (χ0n) is 13.0. The van der Waals surface area contributed by atoms with Crippen LogP contribution in [0.5, 0.6) is 5.75 Å². The van der Waals surface area contributed by atoms with Crippen LogP contribution in [0.2, 0.25) is 0 Å². The zero-order chi connectivity index (χ0) is 16.1. The number of hydrogen-bond donors (Lipinski definition) is 1. The Labute approximate surface area is 135 Å². The topological polar surface area (TPSA) is 63.7 Å². The van der Waals surface area contributed by atoms with Crippen molar-refractivity contribution in [3.63, 3.8) is 0 Å². The first-order valence-corrected chi connectivity index (χ1v) is 7.51. The first-order valence-electron chi connectivity index (χ1n) is 7.51. The average Bonchev–Trinajstić information content (AvgIpc) is 2.63. The summed E-state index contributed by atoms with van der Waals surface area (Å²) in [5, 5.41) is 2.90. The number of nitrogens with one attached hydrogen (secondary N) is 1. The Balaban J connectivity index is 1.78. The van der Waals surface area contributed by atoms with Gasteiger partial charge >= 0.3 is 0 Å². The van der Waals surface area contributed by atoms with Gasteiger partial charge in [-0.1, -0.05) is 0 Å². The standard InChI is InChI=1S/C17H19N3O3/c1-22-14-6-4-13(5-7-14)19-17(21)15-3-2-8-18-16(15)20-9-11-23-12-10-20/h2-8H,9-12H2,1H3,(H,19,21). The van der Waals surface area contributed by atoms with Crippen LogP contribution in [0, 0.1) is 0 Å². The molecule has 1 N–H and O–H groups in total. The van der Waals surface area contributed by atoms with Gasteiger partial charge in [0, 0.05) is 25.0 Å². The molecule has 1 fully saturated rings. The third-order valence-electron chi connectivity index (χ3n) is 3.69. The summed E-state index contributed by atoms with van der Waals surface area (Å²) in [7, 11) is 1.61. The predicted molar refractivity (Wildman–Crippen MR) is 88.2 cm³/mol. The van der Waals surface area contributed by atoms with Crippen molar-refractivity contribution in [3.05, 3.63) is 48.2 Å². The van der Waals surface area contributed by atoms with Crippen molar-refractivity contribution >= 4 is 17.4 Å². The molecule has 2 aromatic rings. The molecule has 1 aliphatic heterocycles. The first-order chi connectivity index (χ1) is 11.3. The molecule has 1 amide bonds. The highest BCUT2D eigenvalue weighted by Gasteiger charge is 2.19. The van der Waals surface area contributed by atoms with E-state index in [0.717, 1.165) is 18.8 Å². The van der Waals surface area contributed by atoms with Gasteiger partial charge in [0.05, 0.1) is 25.9 Å². The Morgan fingerprint density at radius 1 is 1.22 bits per heavy atom. The van der Waals surface area contributed by atoms with Crippen molar-refractivity contribution < 1.29 is 14.3 Å². The zero-order valence-corrected chi connectivity index (χ0v) is 13.0. The van der Waals surface area contributed by atoms with Gasteiger partial charge in [0.15, 0.2) is 0 Å². The van der Waals surface area contributed by atoms with E-state index in [2.05, 4.69) is 15.2 Å². The molecule has 2 heterocycles. The minimum Gasteiger partial charge on any atom is -0.497 e. The quantitative estimate of drug-likeness (QED) is 0.937. The van der Waals surface area contributed by atoms with Crippen LogP contribution in [0.1, 0.15) is 10.4 Å². The highest BCUT2D eigenvalue weighted by molar-refractivity contribution is 6.07. The van der Waals surface area contributed by atoms with E-state index in [1.54, 1.807) is 25.4 Å². The lowest BCUT2D eigenvalue weighted by Crippen LogP contribution is -2.38. The Hall–Kier alpha value is -2.60. The summed E-state index contributed by atoms with van der Waals surface area (Å²) >= 11 is 0. The number of amides is 1. The van der Waals surface area contributed by atoms with Gasteiger partial charge in [0.25, 0.3) is 5.91 Å². The van der Waals surface area contributed by atoms with E-state index in [0.29, 0.717) is 30.3 Å². The summed E-state index contributed by atoms with van der Waals surface area (Å²) < 4.78 is 10.5. The fourth-order valence-electron chi connectivity index (χ4n) is 2.47. The number of anilines is 2. The minimum absolute atomic E-state index is 0.176. The summed E-state index contributed by atoms with van der Waals surface area (Å²) in [4.78, 5) is 19.0. The van der Waals surface area contributed by atoms with Gasteiger partial charge in [-0.2, -0.15) is 0 Å². The summed E-state index contributed by atoms with van der Waals surface area (Å²) in [6.07, 6.45) is 1.70. The third-order valence-corrected chi connectivity index (χ3v) is 3.69. The fourth-order valence-corrected chi connectivity index (χ4v) is 2.47. The summed E-state index contributed by atoms with van der Waals surface area (Å²) in [6, 6.07) is 10.8. The van der Waals surface area contributed by atoms with Gasteiger partial charge in [-0.15, -0.1) is 0 Å². The van der Waals surface area contributed by atoms with Crippen LogP contribution in [-0.2, 0) is 4.74 Å². The average molecular weight is 313 g/mol. The molecule has 6 heteroatoms. The van der Waals surface area contributed by atoms with Crippen molar-refractivity contribution in [1.29, 1.82) is 0 Å². The molecule has 23 heavy (non-hydrogen) atoms. The summed E-state index contributed by atoms with van der Waals surface area (Å²) in [6.45, 7) is 2.77. The normalized spacial score (nSPS) is 14.4. The van der Waals surface area contributed by atoms with Crippen molar-refractivity contribution in [1.82, 2.24) is 4.98 Å². The van der Waals surface area contributed by atoms with Crippen LogP contribution in [0.25, 0.3) is 0 Å². The minimum atomic E-state index is -0.176. The molecule has 0 bridgehead atoms. The lowest BCUT2D eigenvalue weighted by atomic mass is 10.2. The second-order valence-corrected chi connectivity index (χ2v) is 5.16. The highest BCUT2D eigenvalue weighted by atomic mass is 16.5. The molecule has 0 saturated carbocycles. The van der Waals surface area contributed by atoms with Gasteiger partial charge in [-0.05, 0) is 36.4 Å². The van der Waals surface area contributed by atoms with Crippen molar-refractivity contribution in [3.8, 4) is 5.75 Å². The van der Waals surface area contributed by atoms with Crippen LogP contribution in [-0.4, -0.2) is 44.3 Å². The molecule has 0 spiro atoms. The number of morpholine rings is 1. The largest absolute Gasteiger partial charge is 0.497 e. The van der Waals surface area contributed by atoms with Crippen LogP contribution in [0.4, 0.5) is 11.5 Å². The maximum atomic E-state index is 12.6. The summed E-state index contributed by atoms with van der Waals surface area (Å²) in [5.41, 5.74) is 1.28. The third kappa shape index (κ3) is 3.60. The Morgan fingerprint density at radius 2 is 1.96 bits per heavy atom. The molecule has 1 aromatic heterocycles.